The number of carbonyl (C=O) groups is 1. The van der Waals surface area contributed by atoms with Gasteiger partial charge in [-0.3, -0.25) is 0 Å². The van der Waals surface area contributed by atoms with Gasteiger partial charge in [-0.2, -0.15) is 0 Å². The highest BCUT2D eigenvalue weighted by Gasteiger charge is 2.33. The zero-order valence-electron chi connectivity index (χ0n) is 13.3. The number of rotatable bonds is 3. The van der Waals surface area contributed by atoms with Crippen LogP contribution in [0.25, 0.3) is 0 Å². The standard InChI is InChI=1S/C15H23FN4O2/c1-15(2,3)22-14(21)20-8-5-11(12(16)10-20)9-19-13-17-6-4-7-18-13/h4,6-7,11-12H,5,8-10H2,1-3H3,(H,17,18,19)/t11-,12+/m1/s1/i16-1. The Kier molecular flexibility index (Phi) is 5.15. The lowest BCUT2D eigenvalue weighted by molar-refractivity contribution is 0.00658. The fraction of sp³-hybridized carbons (Fsp3) is 0.667. The van der Waals surface area contributed by atoms with E-state index in [0.29, 0.717) is 25.5 Å². The minimum Gasteiger partial charge on any atom is -0.444 e. The minimum atomic E-state index is -1.09. The SMILES string of the molecule is CC(C)(C)OC(=O)N1CC[C@H](CNc2ncccn2)[C@@H]([18F])C1. The molecule has 122 valence electrons. The highest BCUT2D eigenvalue weighted by molar-refractivity contribution is 5.68. The van der Waals surface area contributed by atoms with Gasteiger partial charge in [0, 0.05) is 31.4 Å². The fourth-order valence-corrected chi connectivity index (χ4v) is 2.29. The first-order chi connectivity index (χ1) is 10.3. The van der Waals surface area contributed by atoms with Gasteiger partial charge in [-0.05, 0) is 33.3 Å². The minimum absolute atomic E-state index is 0.0664. The zero-order chi connectivity index (χ0) is 16.2. The summed E-state index contributed by atoms with van der Waals surface area (Å²) < 4.78 is 19.5. The van der Waals surface area contributed by atoms with Crippen molar-refractivity contribution in [1.82, 2.24) is 14.9 Å². The second-order valence-electron chi connectivity index (χ2n) is 6.44. The van der Waals surface area contributed by atoms with E-state index >= 15 is 0 Å². The Balaban J connectivity index is 1.81. The molecule has 7 heteroatoms. The Morgan fingerprint density at radius 3 is 2.73 bits per heavy atom. The summed E-state index contributed by atoms with van der Waals surface area (Å²) in [5.41, 5.74) is -0.564. The van der Waals surface area contributed by atoms with E-state index in [1.165, 1.54) is 4.90 Å². The molecule has 1 amide bonds. The van der Waals surface area contributed by atoms with Crippen molar-refractivity contribution in [3.8, 4) is 0 Å². The van der Waals surface area contributed by atoms with Crippen LogP contribution in [0.1, 0.15) is 27.2 Å². The van der Waals surface area contributed by atoms with E-state index < -0.39 is 17.9 Å². The molecule has 2 atom stereocenters. The van der Waals surface area contributed by atoms with Crippen LogP contribution in [0.3, 0.4) is 0 Å². The topological polar surface area (TPSA) is 67.3 Å². The third-order valence-corrected chi connectivity index (χ3v) is 3.42. The van der Waals surface area contributed by atoms with E-state index in [0.717, 1.165) is 0 Å². The van der Waals surface area contributed by atoms with Gasteiger partial charge in [-0.15, -0.1) is 0 Å². The van der Waals surface area contributed by atoms with Crippen LogP contribution in [0.15, 0.2) is 18.5 Å². The second kappa shape index (κ2) is 6.89. The number of hydrogen-bond acceptors (Lipinski definition) is 5. The van der Waals surface area contributed by atoms with Gasteiger partial charge in [-0.1, -0.05) is 0 Å². The number of hydrogen-bond donors (Lipinski definition) is 1. The van der Waals surface area contributed by atoms with Gasteiger partial charge < -0.3 is 15.0 Å². The summed E-state index contributed by atoms with van der Waals surface area (Å²) in [6, 6.07) is 1.72. The van der Waals surface area contributed by atoms with Crippen molar-refractivity contribution in [3.05, 3.63) is 18.5 Å². The molecule has 2 heterocycles. The van der Waals surface area contributed by atoms with Crippen LogP contribution in [0, 0.1) is 5.92 Å². The van der Waals surface area contributed by atoms with Crippen molar-refractivity contribution in [1.29, 1.82) is 0 Å². The van der Waals surface area contributed by atoms with E-state index in [1.807, 2.05) is 0 Å². The molecular formula is C15H23FN4O2. The number of anilines is 1. The maximum atomic E-state index is 14.3. The van der Waals surface area contributed by atoms with E-state index in [2.05, 4.69) is 15.3 Å². The van der Waals surface area contributed by atoms with E-state index in [4.69, 9.17) is 4.74 Å². The highest BCUT2D eigenvalue weighted by atomic mass is 18.2. The van der Waals surface area contributed by atoms with Gasteiger partial charge >= 0.3 is 6.09 Å². The molecule has 1 aliphatic rings. The van der Waals surface area contributed by atoms with E-state index in [-0.39, 0.29) is 12.5 Å². The van der Waals surface area contributed by atoms with Gasteiger partial charge in [0.1, 0.15) is 11.8 Å². The molecule has 0 aliphatic carbocycles. The molecule has 0 radical (unpaired) electrons. The second-order valence-corrected chi connectivity index (χ2v) is 6.44. The summed E-state index contributed by atoms with van der Waals surface area (Å²) in [4.78, 5) is 21.5. The quantitative estimate of drug-likeness (QED) is 0.929. The van der Waals surface area contributed by atoms with Gasteiger partial charge in [0.15, 0.2) is 0 Å². The lowest BCUT2D eigenvalue weighted by Crippen LogP contribution is -2.48. The molecular weight excluding hydrogens is 286 g/mol. The number of amides is 1. The Bertz CT molecular complexity index is 492. The normalized spacial score (nSPS) is 22.3. The molecule has 1 saturated heterocycles. The number of likely N-dealkylation sites (tertiary alicyclic amines) is 1. The van der Waals surface area contributed by atoms with Crippen LogP contribution in [0.4, 0.5) is 15.1 Å². The maximum absolute atomic E-state index is 14.3. The number of ether oxygens (including phenoxy) is 1. The molecule has 22 heavy (non-hydrogen) atoms. The van der Waals surface area contributed by atoms with Crippen molar-refractivity contribution in [2.75, 3.05) is 25.0 Å². The third kappa shape index (κ3) is 4.82. The van der Waals surface area contributed by atoms with E-state index in [1.54, 1.807) is 39.2 Å². The molecule has 0 aromatic carbocycles. The van der Waals surface area contributed by atoms with Crippen molar-refractivity contribution < 1.29 is 13.9 Å². The first-order valence-electron chi connectivity index (χ1n) is 7.48. The van der Waals surface area contributed by atoms with Gasteiger partial charge in [0.25, 0.3) is 0 Å². The van der Waals surface area contributed by atoms with Crippen LogP contribution in [-0.4, -0.2) is 52.4 Å². The van der Waals surface area contributed by atoms with Crippen LogP contribution in [-0.2, 0) is 4.74 Å². The zero-order valence-corrected chi connectivity index (χ0v) is 13.3. The molecule has 2 rings (SSSR count). The molecule has 0 bridgehead atoms. The molecule has 6 nitrogen and oxygen atoms in total. The average Bonchev–Trinajstić information content (AvgIpc) is 2.45. The molecule has 1 aromatic rings. The molecule has 0 spiro atoms. The summed E-state index contributed by atoms with van der Waals surface area (Å²) in [6.45, 7) is 6.42. The molecule has 0 unspecified atom stereocenters. The Morgan fingerprint density at radius 2 is 2.14 bits per heavy atom. The van der Waals surface area contributed by atoms with Crippen LogP contribution in [0.2, 0.25) is 0 Å². The fourth-order valence-electron chi connectivity index (χ4n) is 2.29. The number of nitrogens with one attached hydrogen (secondary N) is 1. The highest BCUT2D eigenvalue weighted by Crippen LogP contribution is 2.22. The predicted molar refractivity (Wildman–Crippen MR) is 81.3 cm³/mol. The summed E-state index contributed by atoms with van der Waals surface area (Å²) in [6.07, 6.45) is 2.31. The lowest BCUT2D eigenvalue weighted by Gasteiger charge is -2.35. The number of piperidine rings is 1. The Labute approximate surface area is 130 Å². The van der Waals surface area contributed by atoms with Crippen LogP contribution in [0.5, 0.6) is 0 Å². The van der Waals surface area contributed by atoms with E-state index in [9.17, 15) is 9.18 Å². The van der Waals surface area contributed by atoms with Crippen LogP contribution < -0.4 is 5.32 Å². The first kappa shape index (κ1) is 16.5. The maximum Gasteiger partial charge on any atom is 0.410 e. The smallest absolute Gasteiger partial charge is 0.410 e. The van der Waals surface area contributed by atoms with Crippen molar-refractivity contribution in [2.45, 2.75) is 39.0 Å². The summed E-state index contributed by atoms with van der Waals surface area (Å²) in [5.74, 6) is 0.326. The molecule has 0 saturated carbocycles. The first-order valence-corrected chi connectivity index (χ1v) is 7.48. The number of alkyl halides is 1. The molecule has 1 aliphatic heterocycles. The Morgan fingerprint density at radius 1 is 1.45 bits per heavy atom. The average molecular weight is 309 g/mol. The number of carbonyl (C=O) groups excluding carboxylic acids is 1. The third-order valence-electron chi connectivity index (χ3n) is 3.42. The van der Waals surface area contributed by atoms with Crippen molar-refractivity contribution in [3.63, 3.8) is 0 Å². The number of halogens is 1. The van der Waals surface area contributed by atoms with Gasteiger partial charge in [-0.25, -0.2) is 19.2 Å². The molecule has 1 fully saturated rings. The van der Waals surface area contributed by atoms with Crippen molar-refractivity contribution >= 4 is 12.0 Å². The summed E-state index contributed by atoms with van der Waals surface area (Å²) >= 11 is 0. The summed E-state index contributed by atoms with van der Waals surface area (Å²) in [7, 11) is 0. The van der Waals surface area contributed by atoms with Crippen molar-refractivity contribution in [2.24, 2.45) is 5.92 Å². The number of nitrogens with zero attached hydrogens (tertiary/aromatic N) is 3. The van der Waals surface area contributed by atoms with Gasteiger partial charge in [0.05, 0.1) is 6.54 Å². The predicted octanol–water partition coefficient (Wildman–Crippen LogP) is 2.48. The monoisotopic (exact) mass is 309 g/mol. The molecule has 1 aromatic heterocycles. The van der Waals surface area contributed by atoms with Crippen LogP contribution >= 0.6 is 0 Å². The largest absolute Gasteiger partial charge is 0.444 e. The lowest BCUT2D eigenvalue weighted by atomic mass is 9.95. The number of aromatic nitrogens is 2. The molecule has 1 N–H and O–H groups in total. The van der Waals surface area contributed by atoms with Gasteiger partial charge in [0.2, 0.25) is 5.95 Å². The summed E-state index contributed by atoms with van der Waals surface area (Å²) in [5, 5.41) is 3.03. The Hall–Kier alpha value is -1.92.